The van der Waals surface area contributed by atoms with Gasteiger partial charge in [0.2, 0.25) is 5.91 Å². The summed E-state index contributed by atoms with van der Waals surface area (Å²) in [6, 6.07) is 9.05. The van der Waals surface area contributed by atoms with Gasteiger partial charge in [0, 0.05) is 11.6 Å². The molecule has 0 saturated heterocycles. The molecule has 29 heavy (non-hydrogen) atoms. The van der Waals surface area contributed by atoms with Crippen LogP contribution in [0.2, 0.25) is 0 Å². The Morgan fingerprint density at radius 1 is 1.17 bits per heavy atom. The van der Waals surface area contributed by atoms with E-state index in [-0.39, 0.29) is 6.42 Å². The van der Waals surface area contributed by atoms with Crippen molar-refractivity contribution in [1.82, 2.24) is 4.90 Å². The molecule has 1 aliphatic heterocycles. The fourth-order valence-corrected chi connectivity index (χ4v) is 2.80. The third kappa shape index (κ3) is 4.45. The quantitative estimate of drug-likeness (QED) is 0.611. The molecule has 1 aliphatic rings. The molecule has 0 aromatic heterocycles. The smallest absolute Gasteiger partial charge is 0.326 e. The van der Waals surface area contributed by atoms with Crippen LogP contribution in [0.25, 0.3) is 0 Å². The van der Waals surface area contributed by atoms with Crippen molar-refractivity contribution in [2.24, 2.45) is 0 Å². The van der Waals surface area contributed by atoms with Crippen molar-refractivity contribution in [1.29, 1.82) is 0 Å². The van der Waals surface area contributed by atoms with Crippen molar-refractivity contribution in [3.8, 4) is 0 Å². The molecule has 1 heterocycles. The number of carbonyl (C=O) groups is 4. The van der Waals surface area contributed by atoms with E-state index in [4.69, 9.17) is 4.74 Å². The summed E-state index contributed by atoms with van der Waals surface area (Å²) >= 11 is 0. The summed E-state index contributed by atoms with van der Waals surface area (Å²) in [5, 5.41) is 2.11. The molecule has 0 saturated carbocycles. The summed E-state index contributed by atoms with van der Waals surface area (Å²) in [7, 11) is 0. The summed E-state index contributed by atoms with van der Waals surface area (Å²) in [6.07, 6.45) is -1.41. The summed E-state index contributed by atoms with van der Waals surface area (Å²) in [6.45, 7) is 0.553. The van der Waals surface area contributed by atoms with Gasteiger partial charge in [0.25, 0.3) is 11.8 Å². The molecule has 9 heteroatoms. The van der Waals surface area contributed by atoms with Crippen molar-refractivity contribution in [2.75, 3.05) is 11.9 Å². The van der Waals surface area contributed by atoms with Crippen LogP contribution in [0, 0.1) is 11.6 Å². The summed E-state index contributed by atoms with van der Waals surface area (Å²) in [4.78, 5) is 49.6. The van der Waals surface area contributed by atoms with Gasteiger partial charge < -0.3 is 10.1 Å². The van der Waals surface area contributed by atoms with Crippen LogP contribution in [0.1, 0.15) is 22.8 Å². The minimum absolute atomic E-state index is 0.0376. The van der Waals surface area contributed by atoms with Gasteiger partial charge in [-0.2, -0.15) is 0 Å². The molecule has 1 atom stereocenters. The van der Waals surface area contributed by atoms with E-state index in [0.29, 0.717) is 11.1 Å². The maximum atomic E-state index is 13.6. The zero-order valence-corrected chi connectivity index (χ0v) is 15.3. The Bertz CT molecular complexity index is 1010. The van der Waals surface area contributed by atoms with Gasteiger partial charge in [-0.25, -0.2) is 8.78 Å². The molecule has 0 spiro atoms. The molecule has 2 aromatic rings. The van der Waals surface area contributed by atoms with Crippen molar-refractivity contribution in [2.45, 2.75) is 19.4 Å². The molecule has 7 nitrogen and oxygen atoms in total. The molecule has 0 fully saturated rings. The third-order valence-electron chi connectivity index (χ3n) is 4.29. The second kappa shape index (κ2) is 8.17. The Morgan fingerprint density at radius 3 is 2.66 bits per heavy atom. The molecule has 0 aliphatic carbocycles. The minimum atomic E-state index is -1.37. The highest BCUT2D eigenvalue weighted by Crippen LogP contribution is 2.20. The van der Waals surface area contributed by atoms with Gasteiger partial charge in [0.05, 0.1) is 12.1 Å². The predicted molar refractivity (Wildman–Crippen MR) is 96.7 cm³/mol. The fourth-order valence-electron chi connectivity index (χ4n) is 2.80. The van der Waals surface area contributed by atoms with Crippen molar-refractivity contribution in [3.63, 3.8) is 0 Å². The summed E-state index contributed by atoms with van der Waals surface area (Å²) in [5.41, 5.74) is 0.472. The zero-order valence-electron chi connectivity index (χ0n) is 15.3. The van der Waals surface area contributed by atoms with Crippen LogP contribution in [0.15, 0.2) is 42.5 Å². The van der Waals surface area contributed by atoms with Gasteiger partial charge in [-0.15, -0.1) is 0 Å². The minimum Gasteiger partial charge on any atom is -0.451 e. The highest BCUT2D eigenvalue weighted by Gasteiger charge is 2.33. The number of anilines is 1. The molecular weight excluding hydrogens is 386 g/mol. The number of esters is 1. The van der Waals surface area contributed by atoms with Crippen LogP contribution in [0.5, 0.6) is 0 Å². The normalized spacial score (nSPS) is 14.2. The maximum absolute atomic E-state index is 13.6. The van der Waals surface area contributed by atoms with Crippen molar-refractivity contribution < 1.29 is 32.7 Å². The number of imide groups is 1. The van der Waals surface area contributed by atoms with Crippen molar-refractivity contribution in [3.05, 3.63) is 65.2 Å². The van der Waals surface area contributed by atoms with Crippen LogP contribution >= 0.6 is 0 Å². The number of nitrogens with zero attached hydrogens (tertiary/aromatic N) is 1. The third-order valence-corrected chi connectivity index (χ3v) is 4.29. The average molecular weight is 402 g/mol. The lowest BCUT2D eigenvalue weighted by molar-refractivity contribution is -0.155. The van der Waals surface area contributed by atoms with E-state index in [1.54, 1.807) is 24.3 Å². The Kier molecular flexibility index (Phi) is 5.67. The lowest BCUT2D eigenvalue weighted by atomic mass is 9.98. The lowest BCUT2D eigenvalue weighted by Gasteiger charge is -2.26. The van der Waals surface area contributed by atoms with Crippen LogP contribution < -0.4 is 5.32 Å². The van der Waals surface area contributed by atoms with Crippen LogP contribution in [-0.4, -0.2) is 41.2 Å². The van der Waals surface area contributed by atoms with Gasteiger partial charge in [-0.05, 0) is 30.7 Å². The molecule has 1 N–H and O–H groups in total. The monoisotopic (exact) mass is 402 g/mol. The zero-order chi connectivity index (χ0) is 21.1. The molecule has 0 bridgehead atoms. The molecule has 0 radical (unpaired) electrons. The van der Waals surface area contributed by atoms with E-state index in [1.165, 1.54) is 6.92 Å². The first-order valence-electron chi connectivity index (χ1n) is 8.64. The molecule has 150 valence electrons. The number of hydrogen-bond donors (Lipinski definition) is 1. The average Bonchev–Trinajstić information content (AvgIpc) is 2.68. The second-order valence-electron chi connectivity index (χ2n) is 6.36. The first kappa shape index (κ1) is 20.1. The SMILES string of the molecule is C[C@@H](OC(=O)CN1C(=O)Cc2ccccc2C1=O)C(=O)Nc1cc(F)ccc1F. The number of nitrogens with one attached hydrogen (secondary N) is 1. The maximum Gasteiger partial charge on any atom is 0.326 e. The van der Waals surface area contributed by atoms with Gasteiger partial charge >= 0.3 is 5.97 Å². The van der Waals surface area contributed by atoms with E-state index < -0.39 is 53.7 Å². The topological polar surface area (TPSA) is 92.8 Å². The number of benzene rings is 2. The van der Waals surface area contributed by atoms with Gasteiger partial charge in [0.15, 0.2) is 6.10 Å². The Hall–Kier alpha value is -3.62. The number of rotatable bonds is 5. The highest BCUT2D eigenvalue weighted by molar-refractivity contribution is 6.11. The lowest BCUT2D eigenvalue weighted by Crippen LogP contribution is -2.46. The predicted octanol–water partition coefficient (Wildman–Crippen LogP) is 2.06. The summed E-state index contributed by atoms with van der Waals surface area (Å²) < 4.78 is 31.7. The molecule has 3 rings (SSSR count). The van der Waals surface area contributed by atoms with E-state index >= 15 is 0 Å². The largest absolute Gasteiger partial charge is 0.451 e. The molecule has 0 unspecified atom stereocenters. The van der Waals surface area contributed by atoms with Crippen molar-refractivity contribution >= 4 is 29.4 Å². The van der Waals surface area contributed by atoms with Crippen LogP contribution in [0.3, 0.4) is 0 Å². The van der Waals surface area contributed by atoms with Gasteiger partial charge in [-0.1, -0.05) is 18.2 Å². The number of hydrogen-bond acceptors (Lipinski definition) is 5. The molecule has 2 aromatic carbocycles. The highest BCUT2D eigenvalue weighted by atomic mass is 19.1. The van der Waals surface area contributed by atoms with Gasteiger partial charge in [0.1, 0.15) is 18.2 Å². The number of fused-ring (bicyclic) bond motifs is 1. The fraction of sp³-hybridized carbons (Fsp3) is 0.200. The first-order valence-corrected chi connectivity index (χ1v) is 8.64. The number of amides is 3. The summed E-state index contributed by atoms with van der Waals surface area (Å²) in [5.74, 6) is -4.70. The second-order valence-corrected chi connectivity index (χ2v) is 6.36. The van der Waals surface area contributed by atoms with E-state index in [2.05, 4.69) is 5.32 Å². The Morgan fingerprint density at radius 2 is 1.90 bits per heavy atom. The van der Waals surface area contributed by atoms with Crippen LogP contribution in [-0.2, 0) is 25.5 Å². The van der Waals surface area contributed by atoms with Gasteiger partial charge in [-0.3, -0.25) is 24.1 Å². The standard InChI is InChI=1S/C20H16F2N2O5/c1-11(19(27)23-16-9-13(21)6-7-15(16)22)29-18(26)10-24-17(25)8-12-4-2-3-5-14(12)20(24)28/h2-7,9,11H,8,10H2,1H3,(H,23,27)/t11-/m1/s1. The number of ether oxygens (including phenoxy) is 1. The number of halogens is 2. The number of carbonyl (C=O) groups excluding carboxylic acids is 4. The van der Waals surface area contributed by atoms with E-state index in [9.17, 15) is 28.0 Å². The molecule has 3 amide bonds. The van der Waals surface area contributed by atoms with E-state index in [1.807, 2.05) is 0 Å². The first-order chi connectivity index (χ1) is 13.8. The molecular formula is C20H16F2N2O5. The Labute approximate surface area is 164 Å². The Balaban J connectivity index is 1.61. The van der Waals surface area contributed by atoms with Crippen LogP contribution in [0.4, 0.5) is 14.5 Å². The van der Waals surface area contributed by atoms with E-state index in [0.717, 1.165) is 23.1 Å².